The number of thiocarbonyl (C=S) groups is 1. The van der Waals surface area contributed by atoms with E-state index >= 15 is 0 Å². The smallest absolute Gasteiger partial charge is 0.338 e. The molecule has 0 atom stereocenters. The molecule has 3 rings (SSSR count). The second-order valence-corrected chi connectivity index (χ2v) is 6.46. The van der Waals surface area contributed by atoms with Gasteiger partial charge in [-0.15, -0.1) is 0 Å². The van der Waals surface area contributed by atoms with Crippen LogP contribution in [-0.4, -0.2) is 31.0 Å². The first-order chi connectivity index (χ1) is 14.6. The summed E-state index contributed by atoms with van der Waals surface area (Å²) >= 11 is 5.21. The number of nitrogens with zero attached hydrogens (tertiary/aromatic N) is 1. The summed E-state index contributed by atoms with van der Waals surface area (Å²) in [6.07, 6.45) is 1.53. The van der Waals surface area contributed by atoms with E-state index in [1.807, 2.05) is 30.3 Å². The molecule has 0 bridgehead atoms. The fraction of sp³-hybridized carbons (Fsp3) is 0.136. The summed E-state index contributed by atoms with van der Waals surface area (Å²) in [6, 6.07) is 18.0. The van der Waals surface area contributed by atoms with Gasteiger partial charge in [0.2, 0.25) is 0 Å². The Labute approximate surface area is 179 Å². The SMILES string of the molecule is CCOC(=O)c1ccc(-c2ccc(/C=N/NC(=S)Nc3ccc(OC)cc3)o2)cc1. The van der Waals surface area contributed by atoms with Gasteiger partial charge in [-0.2, -0.15) is 5.10 Å². The van der Waals surface area contributed by atoms with Gasteiger partial charge < -0.3 is 19.2 Å². The minimum absolute atomic E-state index is 0.342. The maximum Gasteiger partial charge on any atom is 0.338 e. The van der Waals surface area contributed by atoms with Crippen molar-refractivity contribution in [2.75, 3.05) is 19.0 Å². The lowest BCUT2D eigenvalue weighted by molar-refractivity contribution is 0.0526. The average Bonchev–Trinajstić information content (AvgIpc) is 3.23. The fourth-order valence-electron chi connectivity index (χ4n) is 2.55. The van der Waals surface area contributed by atoms with Crippen molar-refractivity contribution in [1.82, 2.24) is 5.43 Å². The quantitative estimate of drug-likeness (QED) is 0.251. The molecule has 30 heavy (non-hydrogen) atoms. The number of hydrogen-bond acceptors (Lipinski definition) is 6. The first-order valence-corrected chi connectivity index (χ1v) is 9.61. The number of methoxy groups -OCH3 is 1. The lowest BCUT2D eigenvalue weighted by Gasteiger charge is -2.07. The second kappa shape index (κ2) is 10.2. The lowest BCUT2D eigenvalue weighted by Crippen LogP contribution is -2.23. The topological polar surface area (TPSA) is 85.1 Å². The van der Waals surface area contributed by atoms with E-state index in [4.69, 9.17) is 26.1 Å². The van der Waals surface area contributed by atoms with Gasteiger partial charge in [0.25, 0.3) is 0 Å². The van der Waals surface area contributed by atoms with Gasteiger partial charge in [-0.1, -0.05) is 12.1 Å². The number of hydrogen-bond donors (Lipinski definition) is 2. The number of ether oxygens (including phenoxy) is 2. The Morgan fingerprint density at radius 1 is 1.10 bits per heavy atom. The molecule has 0 aliphatic rings. The van der Waals surface area contributed by atoms with Crippen molar-refractivity contribution in [2.24, 2.45) is 5.10 Å². The van der Waals surface area contributed by atoms with E-state index in [9.17, 15) is 4.79 Å². The first kappa shape index (κ1) is 21.1. The molecule has 0 aliphatic heterocycles. The van der Waals surface area contributed by atoms with Crippen LogP contribution in [0.4, 0.5) is 5.69 Å². The minimum atomic E-state index is -0.346. The van der Waals surface area contributed by atoms with Crippen LogP contribution >= 0.6 is 12.2 Å². The summed E-state index contributed by atoms with van der Waals surface area (Å²) in [5, 5.41) is 7.44. The van der Waals surface area contributed by atoms with Gasteiger partial charge in [0.15, 0.2) is 5.11 Å². The third kappa shape index (κ3) is 5.68. The molecule has 0 saturated carbocycles. The van der Waals surface area contributed by atoms with Gasteiger partial charge >= 0.3 is 5.97 Å². The molecule has 1 aromatic heterocycles. The number of hydrazone groups is 1. The van der Waals surface area contributed by atoms with Crippen molar-refractivity contribution in [3.8, 4) is 17.1 Å². The van der Waals surface area contributed by atoms with Crippen LogP contribution in [0.3, 0.4) is 0 Å². The first-order valence-electron chi connectivity index (χ1n) is 9.20. The van der Waals surface area contributed by atoms with Gasteiger partial charge in [-0.25, -0.2) is 4.79 Å². The zero-order chi connectivity index (χ0) is 21.3. The van der Waals surface area contributed by atoms with Crippen LogP contribution in [0.5, 0.6) is 5.75 Å². The summed E-state index contributed by atoms with van der Waals surface area (Å²) in [6.45, 7) is 2.11. The van der Waals surface area contributed by atoms with Gasteiger partial charge in [-0.05, 0) is 67.7 Å². The van der Waals surface area contributed by atoms with Crippen LogP contribution in [0.25, 0.3) is 11.3 Å². The molecule has 0 radical (unpaired) electrons. The summed E-state index contributed by atoms with van der Waals surface area (Å²) < 4.78 is 15.9. The van der Waals surface area contributed by atoms with E-state index in [2.05, 4.69) is 15.8 Å². The van der Waals surface area contributed by atoms with Crippen molar-refractivity contribution in [3.63, 3.8) is 0 Å². The highest BCUT2D eigenvalue weighted by Gasteiger charge is 2.08. The fourth-order valence-corrected chi connectivity index (χ4v) is 2.72. The highest BCUT2D eigenvalue weighted by molar-refractivity contribution is 7.80. The van der Waals surface area contributed by atoms with Gasteiger partial charge in [0.1, 0.15) is 17.3 Å². The largest absolute Gasteiger partial charge is 0.497 e. The zero-order valence-corrected chi connectivity index (χ0v) is 17.4. The molecule has 2 N–H and O–H groups in total. The Morgan fingerprint density at radius 2 is 1.83 bits per heavy atom. The Hall–Kier alpha value is -3.65. The molecule has 3 aromatic rings. The molecule has 0 spiro atoms. The van der Waals surface area contributed by atoms with Gasteiger partial charge in [0, 0.05) is 11.3 Å². The van der Waals surface area contributed by atoms with Crippen LogP contribution in [-0.2, 0) is 4.74 Å². The second-order valence-electron chi connectivity index (χ2n) is 6.05. The summed E-state index contributed by atoms with van der Waals surface area (Å²) in [5.41, 5.74) is 4.89. The average molecular weight is 423 g/mol. The summed E-state index contributed by atoms with van der Waals surface area (Å²) in [7, 11) is 1.61. The van der Waals surface area contributed by atoms with Crippen molar-refractivity contribution in [1.29, 1.82) is 0 Å². The number of furan rings is 1. The molecule has 154 valence electrons. The number of carbonyl (C=O) groups excluding carboxylic acids is 1. The predicted octanol–water partition coefficient (Wildman–Crippen LogP) is 4.45. The molecule has 2 aromatic carbocycles. The number of benzene rings is 2. The van der Waals surface area contributed by atoms with E-state index in [-0.39, 0.29) is 5.97 Å². The van der Waals surface area contributed by atoms with E-state index in [0.29, 0.717) is 28.8 Å². The Morgan fingerprint density at radius 3 is 2.50 bits per heavy atom. The summed E-state index contributed by atoms with van der Waals surface area (Å²) in [4.78, 5) is 11.7. The Balaban J connectivity index is 1.54. The number of rotatable bonds is 7. The van der Waals surface area contributed by atoms with Crippen LogP contribution in [0, 0.1) is 0 Å². The molecule has 0 amide bonds. The number of anilines is 1. The molecule has 0 saturated heterocycles. The minimum Gasteiger partial charge on any atom is -0.497 e. The molecular weight excluding hydrogens is 402 g/mol. The number of esters is 1. The van der Waals surface area contributed by atoms with Crippen LogP contribution < -0.4 is 15.5 Å². The maximum absolute atomic E-state index is 11.7. The van der Waals surface area contributed by atoms with Crippen LogP contribution in [0.15, 0.2) is 70.2 Å². The molecule has 8 heteroatoms. The third-order valence-corrected chi connectivity index (χ3v) is 4.21. The molecular formula is C22H21N3O4S. The Kier molecular flexibility index (Phi) is 7.18. The van der Waals surface area contributed by atoms with E-state index in [0.717, 1.165) is 17.0 Å². The standard InChI is InChI=1S/C22H21N3O4S/c1-3-28-21(26)16-6-4-15(5-7-16)20-13-12-19(29-20)14-23-25-22(30)24-17-8-10-18(27-2)11-9-17/h4-14H,3H2,1-2H3,(H2,24,25,30)/b23-14+. The zero-order valence-electron chi connectivity index (χ0n) is 16.5. The van der Waals surface area contributed by atoms with Crippen molar-refractivity contribution in [2.45, 2.75) is 6.92 Å². The van der Waals surface area contributed by atoms with E-state index in [1.165, 1.54) is 6.21 Å². The van der Waals surface area contributed by atoms with E-state index in [1.54, 1.807) is 44.4 Å². The maximum atomic E-state index is 11.7. The molecule has 7 nitrogen and oxygen atoms in total. The molecule has 0 aliphatic carbocycles. The molecule has 0 fully saturated rings. The Bertz CT molecular complexity index is 1030. The van der Waals surface area contributed by atoms with Crippen molar-refractivity contribution < 1.29 is 18.7 Å². The number of carbonyl (C=O) groups is 1. The highest BCUT2D eigenvalue weighted by atomic mass is 32.1. The monoisotopic (exact) mass is 423 g/mol. The normalized spacial score (nSPS) is 10.6. The van der Waals surface area contributed by atoms with Crippen molar-refractivity contribution in [3.05, 3.63) is 72.0 Å². The van der Waals surface area contributed by atoms with Crippen LogP contribution in [0.2, 0.25) is 0 Å². The van der Waals surface area contributed by atoms with Crippen LogP contribution in [0.1, 0.15) is 23.0 Å². The third-order valence-electron chi connectivity index (χ3n) is 4.01. The molecule has 0 unspecified atom stereocenters. The van der Waals surface area contributed by atoms with Gasteiger partial charge in [-0.3, -0.25) is 5.43 Å². The number of nitrogens with one attached hydrogen (secondary N) is 2. The molecule has 1 heterocycles. The highest BCUT2D eigenvalue weighted by Crippen LogP contribution is 2.22. The van der Waals surface area contributed by atoms with E-state index < -0.39 is 0 Å². The lowest BCUT2D eigenvalue weighted by atomic mass is 10.1. The predicted molar refractivity (Wildman–Crippen MR) is 120 cm³/mol. The van der Waals surface area contributed by atoms with Crippen molar-refractivity contribution >= 4 is 35.2 Å². The summed E-state index contributed by atoms with van der Waals surface area (Å²) in [5.74, 6) is 1.63. The van der Waals surface area contributed by atoms with Gasteiger partial charge in [0.05, 0.1) is 25.5 Å².